The van der Waals surface area contributed by atoms with E-state index in [-0.39, 0.29) is 16.9 Å². The minimum atomic E-state index is -0.0970. The van der Waals surface area contributed by atoms with Gasteiger partial charge in [0.05, 0.1) is 17.8 Å². The average Bonchev–Trinajstić information content (AvgIpc) is 2.77. The Morgan fingerprint density at radius 3 is 2.52 bits per heavy atom. The minimum absolute atomic E-state index is 0.0566. The smallest absolute Gasteiger partial charge is 0.266 e. The molecule has 7 heteroatoms. The Hall–Kier alpha value is -3.06. The van der Waals surface area contributed by atoms with Gasteiger partial charge in [0.25, 0.3) is 11.5 Å². The molecule has 1 aliphatic rings. The molecule has 1 aromatic carbocycles. The Bertz CT molecular complexity index is 1140. The molecule has 3 aromatic rings. The SMILES string of the molecule is CC(C)(C)c1ccc(=O)n(CCN2CCN(C(=O)c3ccc4ncccc4c3)CC2)n1. The number of amides is 1. The molecule has 1 fully saturated rings. The maximum absolute atomic E-state index is 12.9. The summed E-state index contributed by atoms with van der Waals surface area (Å²) < 4.78 is 1.56. The van der Waals surface area contributed by atoms with E-state index in [1.807, 2.05) is 41.3 Å². The average molecular weight is 420 g/mol. The highest BCUT2D eigenvalue weighted by molar-refractivity contribution is 5.98. The zero-order valence-electron chi connectivity index (χ0n) is 18.4. The largest absolute Gasteiger partial charge is 0.336 e. The van der Waals surface area contributed by atoms with Crippen LogP contribution in [0.2, 0.25) is 0 Å². The monoisotopic (exact) mass is 419 g/mol. The van der Waals surface area contributed by atoms with Crippen LogP contribution in [0.1, 0.15) is 36.8 Å². The van der Waals surface area contributed by atoms with Crippen molar-refractivity contribution in [2.75, 3.05) is 32.7 Å². The van der Waals surface area contributed by atoms with Crippen molar-refractivity contribution in [3.05, 3.63) is 70.3 Å². The molecule has 3 heterocycles. The molecule has 0 spiro atoms. The molecular weight excluding hydrogens is 390 g/mol. The Morgan fingerprint density at radius 2 is 1.77 bits per heavy atom. The van der Waals surface area contributed by atoms with Crippen LogP contribution in [0.15, 0.2) is 53.5 Å². The van der Waals surface area contributed by atoms with Gasteiger partial charge in [0.1, 0.15) is 0 Å². The van der Waals surface area contributed by atoms with Crippen molar-refractivity contribution in [2.24, 2.45) is 0 Å². The fraction of sp³-hybridized carbons (Fsp3) is 0.417. The molecule has 7 nitrogen and oxygen atoms in total. The molecule has 0 saturated carbocycles. The number of nitrogens with zero attached hydrogens (tertiary/aromatic N) is 5. The molecule has 0 aliphatic carbocycles. The van der Waals surface area contributed by atoms with Gasteiger partial charge < -0.3 is 4.90 Å². The number of carbonyl (C=O) groups excluding carboxylic acids is 1. The van der Waals surface area contributed by atoms with Gasteiger partial charge in [-0.3, -0.25) is 19.5 Å². The normalized spacial score (nSPS) is 15.4. The number of hydrogen-bond acceptors (Lipinski definition) is 5. The van der Waals surface area contributed by atoms with Gasteiger partial charge in [-0.25, -0.2) is 4.68 Å². The van der Waals surface area contributed by atoms with Gasteiger partial charge in [0.2, 0.25) is 0 Å². The highest BCUT2D eigenvalue weighted by Gasteiger charge is 2.23. The van der Waals surface area contributed by atoms with Crippen molar-refractivity contribution in [3.8, 4) is 0 Å². The van der Waals surface area contributed by atoms with E-state index >= 15 is 0 Å². The van der Waals surface area contributed by atoms with Crippen molar-refractivity contribution in [1.29, 1.82) is 0 Å². The fourth-order valence-electron chi connectivity index (χ4n) is 3.81. The zero-order chi connectivity index (χ0) is 22.0. The first-order chi connectivity index (χ1) is 14.8. The quantitative estimate of drug-likeness (QED) is 0.650. The maximum atomic E-state index is 12.9. The maximum Gasteiger partial charge on any atom is 0.266 e. The number of hydrogen-bond donors (Lipinski definition) is 0. The number of rotatable bonds is 4. The molecule has 2 aromatic heterocycles. The second-order valence-electron chi connectivity index (χ2n) is 9.07. The van der Waals surface area contributed by atoms with Gasteiger partial charge in [0.15, 0.2) is 0 Å². The lowest BCUT2D eigenvalue weighted by atomic mass is 9.92. The first kappa shape index (κ1) is 21.2. The Morgan fingerprint density at radius 1 is 1.00 bits per heavy atom. The molecule has 162 valence electrons. The molecule has 4 rings (SSSR count). The first-order valence-corrected chi connectivity index (χ1v) is 10.8. The van der Waals surface area contributed by atoms with Crippen LogP contribution in [-0.2, 0) is 12.0 Å². The van der Waals surface area contributed by atoms with E-state index in [4.69, 9.17) is 0 Å². The van der Waals surface area contributed by atoms with Crippen LogP contribution < -0.4 is 5.56 Å². The minimum Gasteiger partial charge on any atom is -0.336 e. The molecule has 31 heavy (non-hydrogen) atoms. The van der Waals surface area contributed by atoms with Crippen LogP contribution in [0.3, 0.4) is 0 Å². The van der Waals surface area contributed by atoms with Crippen molar-refractivity contribution in [2.45, 2.75) is 32.7 Å². The van der Waals surface area contributed by atoms with E-state index in [9.17, 15) is 9.59 Å². The molecular formula is C24H29N5O2. The molecule has 1 amide bonds. The van der Waals surface area contributed by atoms with E-state index in [0.717, 1.165) is 36.2 Å². The van der Waals surface area contributed by atoms with Crippen molar-refractivity contribution < 1.29 is 4.79 Å². The van der Waals surface area contributed by atoms with Gasteiger partial charge in [0, 0.05) is 61.4 Å². The third-order valence-electron chi connectivity index (χ3n) is 5.77. The first-order valence-electron chi connectivity index (χ1n) is 10.8. The highest BCUT2D eigenvalue weighted by atomic mass is 16.2. The van der Waals surface area contributed by atoms with E-state index in [0.29, 0.717) is 25.2 Å². The summed E-state index contributed by atoms with van der Waals surface area (Å²) in [7, 11) is 0. The summed E-state index contributed by atoms with van der Waals surface area (Å²) >= 11 is 0. The van der Waals surface area contributed by atoms with Crippen LogP contribution in [-0.4, -0.2) is 63.2 Å². The summed E-state index contributed by atoms with van der Waals surface area (Å²) in [5.74, 6) is 0.0566. The number of piperazine rings is 1. The second-order valence-corrected chi connectivity index (χ2v) is 9.07. The van der Waals surface area contributed by atoms with Gasteiger partial charge in [-0.15, -0.1) is 0 Å². The number of pyridine rings is 1. The molecule has 0 atom stereocenters. The second kappa shape index (κ2) is 8.59. The summed E-state index contributed by atoms with van der Waals surface area (Å²) in [6.07, 6.45) is 1.76. The zero-order valence-corrected chi connectivity index (χ0v) is 18.4. The summed E-state index contributed by atoms with van der Waals surface area (Å²) in [5.41, 5.74) is 2.33. The van der Waals surface area contributed by atoms with E-state index in [1.165, 1.54) is 0 Å². The summed E-state index contributed by atoms with van der Waals surface area (Å²) in [6, 6.07) is 12.9. The predicted molar refractivity (Wildman–Crippen MR) is 121 cm³/mol. The van der Waals surface area contributed by atoms with Crippen LogP contribution in [0.4, 0.5) is 0 Å². The molecule has 0 unspecified atom stereocenters. The lowest BCUT2D eigenvalue weighted by Crippen LogP contribution is -2.49. The topological polar surface area (TPSA) is 71.3 Å². The summed E-state index contributed by atoms with van der Waals surface area (Å²) in [5, 5.41) is 5.52. The number of carbonyl (C=O) groups is 1. The van der Waals surface area contributed by atoms with Gasteiger partial charge in [-0.1, -0.05) is 26.8 Å². The molecule has 0 N–H and O–H groups in total. The third kappa shape index (κ3) is 4.82. The Kier molecular flexibility index (Phi) is 5.87. The Balaban J connectivity index is 1.34. The predicted octanol–water partition coefficient (Wildman–Crippen LogP) is 2.55. The van der Waals surface area contributed by atoms with Gasteiger partial charge in [-0.05, 0) is 30.3 Å². The van der Waals surface area contributed by atoms with Crippen molar-refractivity contribution in [1.82, 2.24) is 24.6 Å². The van der Waals surface area contributed by atoms with Crippen molar-refractivity contribution >= 4 is 16.8 Å². The summed E-state index contributed by atoms with van der Waals surface area (Å²) in [4.78, 5) is 33.6. The Labute approximate surface area is 182 Å². The third-order valence-corrected chi connectivity index (χ3v) is 5.77. The van der Waals surface area contributed by atoms with E-state index in [1.54, 1.807) is 16.9 Å². The molecule has 1 saturated heterocycles. The fourth-order valence-corrected chi connectivity index (χ4v) is 3.81. The van der Waals surface area contributed by atoms with E-state index < -0.39 is 0 Å². The standard InChI is InChI=1S/C24H29N5O2/c1-24(2,3)21-8-9-22(30)29(26-21)16-13-27-11-14-28(15-12-27)23(31)19-6-7-20-18(17-19)5-4-10-25-20/h4-10,17H,11-16H2,1-3H3. The van der Waals surface area contributed by atoms with Gasteiger partial charge >= 0.3 is 0 Å². The number of aromatic nitrogens is 3. The van der Waals surface area contributed by atoms with Crippen molar-refractivity contribution in [3.63, 3.8) is 0 Å². The highest BCUT2D eigenvalue weighted by Crippen LogP contribution is 2.18. The number of benzene rings is 1. The molecule has 0 radical (unpaired) electrons. The molecule has 1 aliphatic heterocycles. The van der Waals surface area contributed by atoms with Gasteiger partial charge in [-0.2, -0.15) is 5.10 Å². The molecule has 0 bridgehead atoms. The lowest BCUT2D eigenvalue weighted by molar-refractivity contribution is 0.0631. The van der Waals surface area contributed by atoms with Crippen LogP contribution in [0.25, 0.3) is 10.9 Å². The van der Waals surface area contributed by atoms with Crippen LogP contribution in [0.5, 0.6) is 0 Å². The van der Waals surface area contributed by atoms with Crippen LogP contribution in [0, 0.1) is 0 Å². The number of fused-ring (bicyclic) bond motifs is 1. The summed E-state index contributed by atoms with van der Waals surface area (Å²) in [6.45, 7) is 10.5. The van der Waals surface area contributed by atoms with E-state index in [2.05, 4.69) is 35.8 Å². The van der Waals surface area contributed by atoms with Crippen LogP contribution >= 0.6 is 0 Å². The lowest BCUT2D eigenvalue weighted by Gasteiger charge is -2.34.